The highest BCUT2D eigenvalue weighted by Gasteiger charge is 2.27. The minimum Gasteiger partial charge on any atom is -0.392 e. The predicted octanol–water partition coefficient (Wildman–Crippen LogP) is 4.06. The van der Waals surface area contributed by atoms with E-state index in [1.165, 1.54) is 12.1 Å². The van der Waals surface area contributed by atoms with Gasteiger partial charge in [-0.25, -0.2) is 14.3 Å². The van der Waals surface area contributed by atoms with Crippen LogP contribution >= 0.6 is 11.6 Å². The summed E-state index contributed by atoms with van der Waals surface area (Å²) in [5, 5.41) is 5.92. The molecule has 0 radical (unpaired) electrons. The van der Waals surface area contributed by atoms with Gasteiger partial charge in [0.25, 0.3) is 10.0 Å². The lowest BCUT2D eigenvalue weighted by Crippen LogP contribution is -2.17. The molecule has 0 bridgehead atoms. The molecule has 0 aliphatic rings. The summed E-state index contributed by atoms with van der Waals surface area (Å²) in [6, 6.07) is 3.48. The van der Waals surface area contributed by atoms with Gasteiger partial charge in [-0.1, -0.05) is 36.8 Å². The van der Waals surface area contributed by atoms with Crippen LogP contribution in [0.15, 0.2) is 72.4 Å². The van der Waals surface area contributed by atoms with Gasteiger partial charge >= 0.3 is 5.76 Å². The lowest BCUT2D eigenvalue weighted by Gasteiger charge is -2.16. The number of primary amides is 1. The van der Waals surface area contributed by atoms with Crippen LogP contribution in [0, 0.1) is 5.92 Å². The molecule has 0 saturated carbocycles. The molecule has 1 unspecified atom stereocenters. The van der Waals surface area contributed by atoms with Gasteiger partial charge in [0.05, 0.1) is 11.5 Å². The molecule has 2 aromatic rings. The first kappa shape index (κ1) is 26.9. The first-order chi connectivity index (χ1) is 15.8. The van der Waals surface area contributed by atoms with E-state index in [1.54, 1.807) is 26.8 Å². The molecule has 2 atom stereocenters. The van der Waals surface area contributed by atoms with Crippen molar-refractivity contribution in [3.63, 3.8) is 0 Å². The van der Waals surface area contributed by atoms with Gasteiger partial charge in [-0.2, -0.15) is 12.8 Å². The zero-order valence-corrected chi connectivity index (χ0v) is 20.3. The number of carbonyl (C=O) groups excluding carboxylic acids is 1. The van der Waals surface area contributed by atoms with Gasteiger partial charge in [-0.3, -0.25) is 4.79 Å². The van der Waals surface area contributed by atoms with Crippen LogP contribution < -0.4 is 11.5 Å². The second kappa shape index (κ2) is 11.2. The fourth-order valence-corrected chi connectivity index (χ4v) is 4.07. The number of nitrogens with one attached hydrogen (secondary N) is 1. The Labute approximate surface area is 201 Å². The molecule has 2 rings (SSSR count). The molecule has 182 valence electrons. The van der Waals surface area contributed by atoms with Crippen LogP contribution in [0.4, 0.5) is 4.39 Å². The normalized spacial score (nSPS) is 14.9. The van der Waals surface area contributed by atoms with Crippen molar-refractivity contribution in [2.45, 2.75) is 38.0 Å². The monoisotopic (exact) mass is 510 g/mol. The lowest BCUT2D eigenvalue weighted by atomic mass is 9.91. The fraction of sp³-hybridized carbons (Fsp3) is 0.273. The first-order valence-corrected chi connectivity index (χ1v) is 11.8. The van der Waals surface area contributed by atoms with Gasteiger partial charge in [0.2, 0.25) is 11.8 Å². The van der Waals surface area contributed by atoms with Crippen molar-refractivity contribution in [1.82, 2.24) is 10.2 Å². The van der Waals surface area contributed by atoms with Gasteiger partial charge < -0.3 is 10.2 Å². The molecule has 0 spiro atoms. The molecule has 12 heteroatoms. The SMILES string of the molecule is C=C(C)/C(C)=C\C=C(\F)C[C@H](C)C(C=NS(=O)(=O)c1ccc(Cl)cc1C(N)=O)c1n[nH]c(=O)o1. The van der Waals surface area contributed by atoms with Crippen LogP contribution in [0.1, 0.15) is 49.4 Å². The summed E-state index contributed by atoms with van der Waals surface area (Å²) in [4.78, 5) is 22.7. The Morgan fingerprint density at radius 2 is 2.06 bits per heavy atom. The van der Waals surface area contributed by atoms with E-state index in [2.05, 4.69) is 21.2 Å². The van der Waals surface area contributed by atoms with E-state index in [9.17, 15) is 22.4 Å². The summed E-state index contributed by atoms with van der Waals surface area (Å²) in [7, 11) is -4.42. The molecule has 3 N–H and O–H groups in total. The lowest BCUT2D eigenvalue weighted by molar-refractivity contribution is 0.0997. The largest absolute Gasteiger partial charge is 0.434 e. The van der Waals surface area contributed by atoms with Crippen molar-refractivity contribution in [3.8, 4) is 0 Å². The Kier molecular flexibility index (Phi) is 8.88. The highest BCUT2D eigenvalue weighted by molar-refractivity contribution is 7.90. The number of hydrogen-bond acceptors (Lipinski definition) is 6. The van der Waals surface area contributed by atoms with Crippen molar-refractivity contribution < 1.29 is 22.0 Å². The van der Waals surface area contributed by atoms with Gasteiger partial charge in [-0.05, 0) is 49.6 Å². The number of halogens is 2. The second-order valence-corrected chi connectivity index (χ2v) is 9.67. The van der Waals surface area contributed by atoms with E-state index in [1.807, 2.05) is 0 Å². The Hall–Kier alpha value is -3.31. The summed E-state index contributed by atoms with van der Waals surface area (Å²) in [6.45, 7) is 8.95. The number of aromatic amines is 1. The van der Waals surface area contributed by atoms with Crippen molar-refractivity contribution in [2.24, 2.45) is 16.0 Å². The molecule has 34 heavy (non-hydrogen) atoms. The number of allylic oxidation sites excluding steroid dienone is 5. The number of hydrogen-bond donors (Lipinski definition) is 2. The van der Waals surface area contributed by atoms with Crippen LogP contribution in [-0.4, -0.2) is 30.7 Å². The third-order valence-corrected chi connectivity index (χ3v) is 6.45. The number of benzene rings is 1. The first-order valence-electron chi connectivity index (χ1n) is 9.96. The molecule has 1 amide bonds. The van der Waals surface area contributed by atoms with Crippen molar-refractivity contribution in [1.29, 1.82) is 0 Å². The van der Waals surface area contributed by atoms with E-state index in [0.717, 1.165) is 29.5 Å². The van der Waals surface area contributed by atoms with Crippen LogP contribution in [0.2, 0.25) is 5.02 Å². The Morgan fingerprint density at radius 3 is 2.62 bits per heavy atom. The molecule has 0 fully saturated rings. The fourth-order valence-electron chi connectivity index (χ4n) is 2.82. The minimum absolute atomic E-state index is 0.111. The quantitative estimate of drug-likeness (QED) is 0.363. The van der Waals surface area contributed by atoms with Crippen molar-refractivity contribution in [2.75, 3.05) is 0 Å². The molecule has 1 aromatic carbocycles. The second-order valence-electron chi connectivity index (χ2n) is 7.64. The predicted molar refractivity (Wildman–Crippen MR) is 127 cm³/mol. The van der Waals surface area contributed by atoms with Crippen molar-refractivity contribution in [3.05, 3.63) is 80.9 Å². The molecule has 0 aliphatic carbocycles. The third-order valence-electron chi connectivity index (χ3n) is 4.90. The number of rotatable bonds is 10. The van der Waals surface area contributed by atoms with Crippen LogP contribution in [0.3, 0.4) is 0 Å². The molecule has 9 nitrogen and oxygen atoms in total. The average molecular weight is 511 g/mol. The molecule has 1 heterocycles. The van der Waals surface area contributed by atoms with Gasteiger partial charge in [0.1, 0.15) is 10.7 Å². The van der Waals surface area contributed by atoms with Gasteiger partial charge in [0.15, 0.2) is 0 Å². The van der Waals surface area contributed by atoms with E-state index < -0.39 is 44.2 Å². The summed E-state index contributed by atoms with van der Waals surface area (Å²) in [5.41, 5.74) is 6.50. The maximum absolute atomic E-state index is 14.5. The Bertz CT molecular complexity index is 1340. The molecular weight excluding hydrogens is 487 g/mol. The standard InChI is InChI=1S/C22H24ClFN4O5S/c1-12(2)13(3)5-7-16(24)9-14(4)18(21-27-28-22(30)33-21)11-26-34(31,32)19-8-6-15(23)10-17(19)20(25)29/h5-8,10-11,14,18H,1,9H2,2-4H3,(H2,25,29)(H,28,30)/b13-5-,16-7+,26-11?/t14-,18?/m0/s1. The summed E-state index contributed by atoms with van der Waals surface area (Å²) in [5.74, 6) is -4.17. The van der Waals surface area contributed by atoms with Gasteiger partial charge in [-0.15, -0.1) is 5.10 Å². The number of H-pyrrole nitrogens is 1. The van der Waals surface area contributed by atoms with E-state index in [4.69, 9.17) is 21.8 Å². The maximum atomic E-state index is 14.5. The molecule has 1 aromatic heterocycles. The topological polar surface area (TPSA) is 148 Å². The zero-order valence-electron chi connectivity index (χ0n) is 18.7. The smallest absolute Gasteiger partial charge is 0.392 e. The highest BCUT2D eigenvalue weighted by atomic mass is 35.5. The zero-order chi connectivity index (χ0) is 25.6. The molecule has 0 aliphatic heterocycles. The van der Waals surface area contributed by atoms with E-state index in [0.29, 0.717) is 0 Å². The van der Waals surface area contributed by atoms with Crippen LogP contribution in [0.25, 0.3) is 0 Å². The number of nitrogens with zero attached hydrogens (tertiary/aromatic N) is 2. The summed E-state index contributed by atoms with van der Waals surface area (Å²) >= 11 is 5.83. The van der Waals surface area contributed by atoms with Gasteiger partial charge in [0, 0.05) is 17.7 Å². The Morgan fingerprint density at radius 1 is 1.38 bits per heavy atom. The van der Waals surface area contributed by atoms with Crippen LogP contribution in [0.5, 0.6) is 0 Å². The number of aromatic nitrogens is 2. The van der Waals surface area contributed by atoms with Crippen LogP contribution in [-0.2, 0) is 10.0 Å². The number of nitrogens with two attached hydrogens (primary N) is 1. The molecule has 0 saturated heterocycles. The minimum atomic E-state index is -4.42. The highest BCUT2D eigenvalue weighted by Crippen LogP contribution is 2.28. The average Bonchev–Trinajstić information content (AvgIpc) is 3.17. The third kappa shape index (κ3) is 7.09. The molecular formula is C22H24ClFN4O5S. The summed E-state index contributed by atoms with van der Waals surface area (Å²) in [6.07, 6.45) is 3.68. The van der Waals surface area contributed by atoms with E-state index >= 15 is 0 Å². The van der Waals surface area contributed by atoms with Crippen molar-refractivity contribution >= 4 is 33.7 Å². The summed E-state index contributed by atoms with van der Waals surface area (Å²) < 4.78 is 48.8. The Balaban J connectivity index is 2.42. The number of carbonyl (C=O) groups is 1. The van der Waals surface area contributed by atoms with E-state index in [-0.39, 0.29) is 22.9 Å². The maximum Gasteiger partial charge on any atom is 0.434 e. The number of sulfonamides is 1. The number of amides is 1.